The van der Waals surface area contributed by atoms with Crippen molar-refractivity contribution in [2.75, 3.05) is 18.0 Å². The van der Waals surface area contributed by atoms with E-state index in [2.05, 4.69) is 11.8 Å². The maximum Gasteiger partial charge on any atom is 0.287 e. The summed E-state index contributed by atoms with van der Waals surface area (Å²) in [7, 11) is 0. The number of piperidine rings is 1. The van der Waals surface area contributed by atoms with E-state index in [4.69, 9.17) is 11.0 Å². The molecule has 6 heteroatoms. The standard InChI is InChI=1S/C13H16N4O2/c1-9-4-5-16(8-12(9)15)11-2-3-13(17(18)19)10(6-11)7-14/h2-3,6,9,12H,4-5,8,15H2,1H3. The molecular weight excluding hydrogens is 244 g/mol. The lowest BCUT2D eigenvalue weighted by Crippen LogP contribution is -2.47. The number of nitro benzene ring substituents is 1. The van der Waals surface area contributed by atoms with Crippen LogP contribution in [-0.2, 0) is 0 Å². The third-order valence-corrected chi connectivity index (χ3v) is 3.68. The largest absolute Gasteiger partial charge is 0.370 e. The zero-order valence-corrected chi connectivity index (χ0v) is 10.7. The molecule has 1 aromatic carbocycles. The van der Waals surface area contributed by atoms with Crippen LogP contribution in [0, 0.1) is 27.4 Å². The number of hydrogen-bond acceptors (Lipinski definition) is 5. The second kappa shape index (κ2) is 5.24. The average Bonchev–Trinajstić information content (AvgIpc) is 2.41. The van der Waals surface area contributed by atoms with E-state index in [0.717, 1.165) is 18.7 Å². The molecule has 1 saturated heterocycles. The van der Waals surface area contributed by atoms with E-state index in [1.54, 1.807) is 12.1 Å². The van der Waals surface area contributed by atoms with Crippen LogP contribution in [0.2, 0.25) is 0 Å². The lowest BCUT2D eigenvalue weighted by molar-refractivity contribution is -0.385. The summed E-state index contributed by atoms with van der Waals surface area (Å²) >= 11 is 0. The molecule has 100 valence electrons. The third kappa shape index (κ3) is 2.66. The molecule has 1 aliphatic rings. The molecule has 1 fully saturated rings. The van der Waals surface area contributed by atoms with Crippen molar-refractivity contribution >= 4 is 11.4 Å². The van der Waals surface area contributed by atoms with E-state index in [9.17, 15) is 10.1 Å². The van der Waals surface area contributed by atoms with Crippen LogP contribution in [0.3, 0.4) is 0 Å². The van der Waals surface area contributed by atoms with Crippen molar-refractivity contribution in [3.8, 4) is 6.07 Å². The Balaban J connectivity index is 2.27. The molecule has 19 heavy (non-hydrogen) atoms. The van der Waals surface area contributed by atoms with E-state index in [-0.39, 0.29) is 17.3 Å². The number of nitrogens with zero attached hydrogens (tertiary/aromatic N) is 3. The summed E-state index contributed by atoms with van der Waals surface area (Å²) in [5.74, 6) is 0.477. The van der Waals surface area contributed by atoms with E-state index in [1.807, 2.05) is 6.07 Å². The molecular formula is C13H16N4O2. The normalized spacial score (nSPS) is 22.9. The van der Waals surface area contributed by atoms with Crippen molar-refractivity contribution in [1.82, 2.24) is 0 Å². The van der Waals surface area contributed by atoms with Gasteiger partial charge in [0.05, 0.1) is 4.92 Å². The van der Waals surface area contributed by atoms with Gasteiger partial charge in [0, 0.05) is 30.9 Å². The van der Waals surface area contributed by atoms with Gasteiger partial charge in [-0.2, -0.15) is 5.26 Å². The average molecular weight is 260 g/mol. The SMILES string of the molecule is CC1CCN(c2ccc([N+](=O)[O-])c(C#N)c2)CC1N. The molecule has 0 saturated carbocycles. The van der Waals surface area contributed by atoms with Gasteiger partial charge in [0.1, 0.15) is 11.6 Å². The van der Waals surface area contributed by atoms with Crippen LogP contribution in [0.4, 0.5) is 11.4 Å². The summed E-state index contributed by atoms with van der Waals surface area (Å²) in [6.45, 7) is 3.69. The van der Waals surface area contributed by atoms with Gasteiger partial charge in [0.2, 0.25) is 0 Å². The van der Waals surface area contributed by atoms with E-state index in [1.165, 1.54) is 6.07 Å². The Morgan fingerprint density at radius 2 is 2.32 bits per heavy atom. The Morgan fingerprint density at radius 3 is 2.89 bits per heavy atom. The predicted molar refractivity (Wildman–Crippen MR) is 71.8 cm³/mol. The maximum atomic E-state index is 10.8. The summed E-state index contributed by atoms with van der Waals surface area (Å²) in [5.41, 5.74) is 6.80. The minimum Gasteiger partial charge on any atom is -0.370 e. The minimum atomic E-state index is -0.535. The topological polar surface area (TPSA) is 96.2 Å². The molecule has 2 rings (SSSR count). The summed E-state index contributed by atoms with van der Waals surface area (Å²) in [6, 6.07) is 6.61. The smallest absolute Gasteiger partial charge is 0.287 e. The second-order valence-electron chi connectivity index (χ2n) is 4.95. The highest BCUT2D eigenvalue weighted by atomic mass is 16.6. The first-order chi connectivity index (χ1) is 9.02. The van der Waals surface area contributed by atoms with Crippen LogP contribution in [0.5, 0.6) is 0 Å². The molecule has 0 bridgehead atoms. The zero-order valence-electron chi connectivity index (χ0n) is 10.7. The quantitative estimate of drug-likeness (QED) is 0.644. The number of nitriles is 1. The highest BCUT2D eigenvalue weighted by molar-refractivity contribution is 5.60. The van der Waals surface area contributed by atoms with E-state index >= 15 is 0 Å². The number of benzene rings is 1. The van der Waals surface area contributed by atoms with Gasteiger partial charge in [-0.25, -0.2) is 0 Å². The molecule has 2 atom stereocenters. The van der Waals surface area contributed by atoms with Gasteiger partial charge in [-0.1, -0.05) is 6.92 Å². The van der Waals surface area contributed by atoms with Crippen molar-refractivity contribution in [1.29, 1.82) is 5.26 Å². The van der Waals surface area contributed by atoms with Crippen LogP contribution < -0.4 is 10.6 Å². The van der Waals surface area contributed by atoms with Gasteiger partial charge in [-0.05, 0) is 24.5 Å². The molecule has 0 aliphatic carbocycles. The van der Waals surface area contributed by atoms with Crippen LogP contribution in [0.15, 0.2) is 18.2 Å². The van der Waals surface area contributed by atoms with Crippen molar-refractivity contribution in [3.63, 3.8) is 0 Å². The van der Waals surface area contributed by atoms with E-state index in [0.29, 0.717) is 12.5 Å². The Bertz CT molecular complexity index is 538. The van der Waals surface area contributed by atoms with Crippen molar-refractivity contribution in [3.05, 3.63) is 33.9 Å². The summed E-state index contributed by atoms with van der Waals surface area (Å²) in [5, 5.41) is 19.8. The lowest BCUT2D eigenvalue weighted by Gasteiger charge is -2.36. The summed E-state index contributed by atoms with van der Waals surface area (Å²) in [6.07, 6.45) is 0.986. The van der Waals surface area contributed by atoms with Crippen molar-refractivity contribution in [2.45, 2.75) is 19.4 Å². The van der Waals surface area contributed by atoms with Gasteiger partial charge < -0.3 is 10.6 Å². The predicted octanol–water partition coefficient (Wildman–Crippen LogP) is 1.64. The molecule has 1 heterocycles. The molecule has 0 radical (unpaired) electrons. The van der Waals surface area contributed by atoms with Gasteiger partial charge in [-0.15, -0.1) is 0 Å². The Labute approximate surface area is 111 Å². The van der Waals surface area contributed by atoms with Crippen molar-refractivity contribution in [2.24, 2.45) is 11.7 Å². The maximum absolute atomic E-state index is 10.8. The lowest BCUT2D eigenvalue weighted by atomic mass is 9.94. The molecule has 1 aromatic rings. The highest BCUT2D eigenvalue weighted by Crippen LogP contribution is 2.27. The monoisotopic (exact) mass is 260 g/mol. The first kappa shape index (κ1) is 13.3. The fraction of sp³-hybridized carbons (Fsp3) is 0.462. The number of nitrogens with two attached hydrogens (primary N) is 1. The fourth-order valence-electron chi connectivity index (χ4n) is 2.30. The second-order valence-corrected chi connectivity index (χ2v) is 4.95. The highest BCUT2D eigenvalue weighted by Gasteiger charge is 2.24. The summed E-state index contributed by atoms with van der Waals surface area (Å²) < 4.78 is 0. The summed E-state index contributed by atoms with van der Waals surface area (Å²) in [4.78, 5) is 12.3. The fourth-order valence-corrected chi connectivity index (χ4v) is 2.30. The van der Waals surface area contributed by atoms with Crippen molar-refractivity contribution < 1.29 is 4.92 Å². The first-order valence-corrected chi connectivity index (χ1v) is 6.22. The first-order valence-electron chi connectivity index (χ1n) is 6.22. The Hall–Kier alpha value is -2.13. The van der Waals surface area contributed by atoms with E-state index < -0.39 is 4.92 Å². The van der Waals surface area contributed by atoms with Crippen LogP contribution >= 0.6 is 0 Å². The van der Waals surface area contributed by atoms with Gasteiger partial charge in [0.25, 0.3) is 5.69 Å². The van der Waals surface area contributed by atoms with Gasteiger partial charge in [-0.3, -0.25) is 10.1 Å². The minimum absolute atomic E-state index is 0.0921. The Kier molecular flexibility index (Phi) is 3.67. The third-order valence-electron chi connectivity index (χ3n) is 3.68. The van der Waals surface area contributed by atoms with Gasteiger partial charge >= 0.3 is 0 Å². The molecule has 2 unspecified atom stereocenters. The molecule has 0 amide bonds. The molecule has 1 aliphatic heterocycles. The number of rotatable bonds is 2. The molecule has 0 aromatic heterocycles. The molecule has 2 N–H and O–H groups in total. The Morgan fingerprint density at radius 1 is 1.58 bits per heavy atom. The molecule has 0 spiro atoms. The number of hydrogen-bond donors (Lipinski definition) is 1. The number of anilines is 1. The van der Waals surface area contributed by atoms with Gasteiger partial charge in [0.15, 0.2) is 0 Å². The van der Waals surface area contributed by atoms with Crippen LogP contribution in [-0.4, -0.2) is 24.1 Å². The van der Waals surface area contributed by atoms with Crippen LogP contribution in [0.1, 0.15) is 18.9 Å². The zero-order chi connectivity index (χ0) is 14.0. The number of nitro groups is 1. The van der Waals surface area contributed by atoms with Crippen LogP contribution in [0.25, 0.3) is 0 Å². The molecule has 6 nitrogen and oxygen atoms in total.